The maximum absolute atomic E-state index is 13.2. The Bertz CT molecular complexity index is 494. The normalized spacial score (nSPS) is 10.5. The zero-order valence-corrected chi connectivity index (χ0v) is 10.5. The smallest absolute Gasteiger partial charge is 0.128 e. The van der Waals surface area contributed by atoms with Gasteiger partial charge in [0.15, 0.2) is 0 Å². The molecule has 0 spiro atoms. The predicted molar refractivity (Wildman–Crippen MR) is 72.1 cm³/mol. The van der Waals surface area contributed by atoms with Crippen molar-refractivity contribution in [3.8, 4) is 0 Å². The molecule has 4 heteroatoms. The number of nitrogen functional groups attached to an aromatic ring is 1. The van der Waals surface area contributed by atoms with Crippen LogP contribution in [0.25, 0.3) is 0 Å². The van der Waals surface area contributed by atoms with Gasteiger partial charge in [0.1, 0.15) is 5.82 Å². The molecule has 0 unspecified atom stereocenters. The van der Waals surface area contributed by atoms with Crippen molar-refractivity contribution in [2.45, 2.75) is 13.3 Å². The van der Waals surface area contributed by atoms with Crippen molar-refractivity contribution in [2.24, 2.45) is 0 Å². The van der Waals surface area contributed by atoms with Crippen LogP contribution >= 0.6 is 11.3 Å². The number of hydrogen-bond acceptors (Lipinski definition) is 3. The second-order valence-corrected chi connectivity index (χ2v) is 4.78. The lowest BCUT2D eigenvalue weighted by atomic mass is 10.1. The molecule has 90 valence electrons. The van der Waals surface area contributed by atoms with Crippen molar-refractivity contribution in [3.05, 3.63) is 45.9 Å². The van der Waals surface area contributed by atoms with E-state index >= 15 is 0 Å². The number of nitrogens with one attached hydrogen (secondary N) is 1. The van der Waals surface area contributed by atoms with Crippen LogP contribution in [0.4, 0.5) is 15.8 Å². The summed E-state index contributed by atoms with van der Waals surface area (Å²) in [7, 11) is 0. The molecule has 0 aliphatic carbocycles. The fraction of sp³-hybridized carbons (Fsp3) is 0.231. The number of anilines is 2. The molecule has 3 N–H and O–H groups in total. The van der Waals surface area contributed by atoms with Crippen molar-refractivity contribution < 1.29 is 4.39 Å². The van der Waals surface area contributed by atoms with E-state index in [4.69, 9.17) is 5.73 Å². The molecule has 0 saturated heterocycles. The van der Waals surface area contributed by atoms with Crippen molar-refractivity contribution >= 4 is 22.7 Å². The van der Waals surface area contributed by atoms with E-state index in [0.29, 0.717) is 11.3 Å². The third-order valence-electron chi connectivity index (χ3n) is 2.64. The van der Waals surface area contributed by atoms with E-state index in [1.807, 2.05) is 0 Å². The first kappa shape index (κ1) is 11.9. The minimum atomic E-state index is -0.258. The van der Waals surface area contributed by atoms with Crippen molar-refractivity contribution in [1.29, 1.82) is 0 Å². The van der Waals surface area contributed by atoms with E-state index in [1.54, 1.807) is 24.3 Å². The summed E-state index contributed by atoms with van der Waals surface area (Å²) in [6, 6.07) is 5.21. The predicted octanol–water partition coefficient (Wildman–Crippen LogP) is 3.43. The number of hydrogen-bond donors (Lipinski definition) is 2. The minimum Gasteiger partial charge on any atom is -0.397 e. The monoisotopic (exact) mass is 250 g/mol. The lowest BCUT2D eigenvalue weighted by Gasteiger charge is -2.10. The van der Waals surface area contributed by atoms with Crippen LogP contribution in [0.5, 0.6) is 0 Å². The van der Waals surface area contributed by atoms with Gasteiger partial charge in [-0.05, 0) is 53.4 Å². The highest BCUT2D eigenvalue weighted by Gasteiger charge is 2.04. The highest BCUT2D eigenvalue weighted by molar-refractivity contribution is 7.07. The molecule has 17 heavy (non-hydrogen) atoms. The standard InChI is InChI=1S/C13H15FN2S/c1-9-6-13(12(15)7-11(9)14)16-4-2-10-3-5-17-8-10/h3,5-8,16H,2,4,15H2,1H3. The van der Waals surface area contributed by atoms with Gasteiger partial charge in [0, 0.05) is 6.54 Å². The summed E-state index contributed by atoms with van der Waals surface area (Å²) in [5, 5.41) is 7.42. The lowest BCUT2D eigenvalue weighted by Crippen LogP contribution is -2.07. The van der Waals surface area contributed by atoms with Crippen LogP contribution in [0.1, 0.15) is 11.1 Å². The van der Waals surface area contributed by atoms with Gasteiger partial charge >= 0.3 is 0 Å². The van der Waals surface area contributed by atoms with Gasteiger partial charge in [0.2, 0.25) is 0 Å². The highest BCUT2D eigenvalue weighted by Crippen LogP contribution is 2.22. The molecule has 2 nitrogen and oxygen atoms in total. The molecule has 1 aromatic carbocycles. The summed E-state index contributed by atoms with van der Waals surface area (Å²) in [5.74, 6) is -0.258. The fourth-order valence-electron chi connectivity index (χ4n) is 1.63. The fourth-order valence-corrected chi connectivity index (χ4v) is 2.33. The summed E-state index contributed by atoms with van der Waals surface area (Å²) < 4.78 is 13.2. The molecular weight excluding hydrogens is 235 g/mol. The summed E-state index contributed by atoms with van der Waals surface area (Å²) in [4.78, 5) is 0. The zero-order chi connectivity index (χ0) is 12.3. The first-order valence-corrected chi connectivity index (χ1v) is 6.41. The van der Waals surface area contributed by atoms with Crippen LogP contribution in [0.15, 0.2) is 29.0 Å². The van der Waals surface area contributed by atoms with Crippen LogP contribution < -0.4 is 11.1 Å². The van der Waals surface area contributed by atoms with Crippen LogP contribution in [-0.2, 0) is 6.42 Å². The average molecular weight is 250 g/mol. The second kappa shape index (κ2) is 5.19. The molecule has 0 aliphatic heterocycles. The van der Waals surface area contributed by atoms with Crippen LogP contribution in [0, 0.1) is 12.7 Å². The van der Waals surface area contributed by atoms with Gasteiger partial charge in [-0.15, -0.1) is 0 Å². The Kier molecular flexibility index (Phi) is 3.64. The molecule has 0 amide bonds. The maximum Gasteiger partial charge on any atom is 0.128 e. The van der Waals surface area contributed by atoms with E-state index in [1.165, 1.54) is 11.6 Å². The Balaban J connectivity index is 1.97. The summed E-state index contributed by atoms with van der Waals surface area (Å²) >= 11 is 1.69. The van der Waals surface area contributed by atoms with Gasteiger partial charge in [-0.25, -0.2) is 4.39 Å². The van der Waals surface area contributed by atoms with Gasteiger partial charge in [-0.1, -0.05) is 0 Å². The summed E-state index contributed by atoms with van der Waals surface area (Å²) in [5.41, 5.74) is 8.92. The molecule has 0 saturated carbocycles. The molecule has 1 heterocycles. The van der Waals surface area contributed by atoms with Crippen LogP contribution in [-0.4, -0.2) is 6.54 Å². The Hall–Kier alpha value is -1.55. The van der Waals surface area contributed by atoms with Gasteiger partial charge < -0.3 is 11.1 Å². The average Bonchev–Trinajstić information content (AvgIpc) is 2.78. The van der Waals surface area contributed by atoms with Crippen molar-refractivity contribution in [1.82, 2.24) is 0 Å². The topological polar surface area (TPSA) is 38.0 Å². The zero-order valence-electron chi connectivity index (χ0n) is 9.66. The third-order valence-corrected chi connectivity index (χ3v) is 3.37. The third kappa shape index (κ3) is 2.97. The number of thiophene rings is 1. The molecule has 0 atom stereocenters. The Morgan fingerprint density at radius 2 is 2.24 bits per heavy atom. The molecule has 0 fully saturated rings. The quantitative estimate of drug-likeness (QED) is 0.816. The van der Waals surface area contributed by atoms with E-state index in [-0.39, 0.29) is 5.82 Å². The molecule has 0 aliphatic rings. The molecule has 2 rings (SSSR count). The van der Waals surface area contributed by atoms with E-state index in [2.05, 4.69) is 22.1 Å². The number of nitrogens with two attached hydrogens (primary N) is 1. The van der Waals surface area contributed by atoms with Crippen molar-refractivity contribution in [3.63, 3.8) is 0 Å². The van der Waals surface area contributed by atoms with E-state index in [0.717, 1.165) is 18.7 Å². The maximum atomic E-state index is 13.2. The first-order chi connectivity index (χ1) is 8.16. The molecule has 0 bridgehead atoms. The summed E-state index contributed by atoms with van der Waals surface area (Å²) in [6.07, 6.45) is 0.944. The van der Waals surface area contributed by atoms with Gasteiger partial charge in [-0.2, -0.15) is 11.3 Å². The Labute approximate surface area is 104 Å². The van der Waals surface area contributed by atoms with Gasteiger partial charge in [0.25, 0.3) is 0 Å². The molecular formula is C13H15FN2S. The number of halogens is 1. The summed E-state index contributed by atoms with van der Waals surface area (Å²) in [6.45, 7) is 2.53. The molecule has 2 aromatic rings. The van der Waals surface area contributed by atoms with Crippen molar-refractivity contribution in [2.75, 3.05) is 17.6 Å². The number of aryl methyl sites for hydroxylation is 1. The SMILES string of the molecule is Cc1cc(NCCc2ccsc2)c(N)cc1F. The van der Waals surface area contributed by atoms with E-state index < -0.39 is 0 Å². The Morgan fingerprint density at radius 3 is 2.94 bits per heavy atom. The first-order valence-electron chi connectivity index (χ1n) is 5.47. The van der Waals surface area contributed by atoms with Crippen LogP contribution in [0.3, 0.4) is 0 Å². The molecule has 0 radical (unpaired) electrons. The molecule has 1 aromatic heterocycles. The highest BCUT2D eigenvalue weighted by atomic mass is 32.1. The lowest BCUT2D eigenvalue weighted by molar-refractivity contribution is 0.619. The Morgan fingerprint density at radius 1 is 1.41 bits per heavy atom. The van der Waals surface area contributed by atoms with E-state index in [9.17, 15) is 4.39 Å². The van der Waals surface area contributed by atoms with Crippen LogP contribution in [0.2, 0.25) is 0 Å². The number of benzene rings is 1. The van der Waals surface area contributed by atoms with Gasteiger partial charge in [-0.3, -0.25) is 0 Å². The number of rotatable bonds is 4. The minimum absolute atomic E-state index is 0.258. The second-order valence-electron chi connectivity index (χ2n) is 4.00. The largest absolute Gasteiger partial charge is 0.397 e. The van der Waals surface area contributed by atoms with Gasteiger partial charge in [0.05, 0.1) is 11.4 Å².